The Kier molecular flexibility index (Phi) is 4.80. The van der Waals surface area contributed by atoms with E-state index < -0.39 is 5.97 Å². The second-order valence-corrected chi connectivity index (χ2v) is 5.84. The van der Waals surface area contributed by atoms with Crippen molar-refractivity contribution in [3.8, 4) is 11.1 Å². The molecule has 1 aromatic rings. The highest BCUT2D eigenvalue weighted by Gasteiger charge is 2.23. The Hall–Kier alpha value is -3.14. The number of ketones is 1. The van der Waals surface area contributed by atoms with Gasteiger partial charge in [0.2, 0.25) is 0 Å². The molecule has 4 heteroatoms. The molecule has 0 radical (unpaired) electrons. The number of methoxy groups -OCH3 is 1. The third-order valence-electron chi connectivity index (χ3n) is 4.12. The molecule has 0 atom stereocenters. The van der Waals surface area contributed by atoms with Crippen molar-refractivity contribution >= 4 is 17.4 Å². The molecule has 1 N–H and O–H groups in total. The van der Waals surface area contributed by atoms with E-state index in [1.54, 1.807) is 6.07 Å². The highest BCUT2D eigenvalue weighted by molar-refractivity contribution is 6.11. The minimum absolute atomic E-state index is 0.0769. The van der Waals surface area contributed by atoms with E-state index in [1.807, 2.05) is 61.5 Å². The van der Waals surface area contributed by atoms with Crippen LogP contribution in [0.15, 0.2) is 60.7 Å². The summed E-state index contributed by atoms with van der Waals surface area (Å²) in [5.41, 5.74) is 4.44. The molecule has 2 aliphatic rings. The van der Waals surface area contributed by atoms with Crippen molar-refractivity contribution in [2.45, 2.75) is 6.92 Å². The quantitative estimate of drug-likeness (QED) is 0.562. The minimum Gasteiger partial charge on any atom is -0.465 e. The van der Waals surface area contributed by atoms with Crippen LogP contribution in [0.5, 0.6) is 0 Å². The summed E-state index contributed by atoms with van der Waals surface area (Å²) in [5, 5.41) is 3.13. The van der Waals surface area contributed by atoms with E-state index in [1.165, 1.54) is 7.11 Å². The molecule has 0 aromatic heterocycles. The van der Waals surface area contributed by atoms with Crippen LogP contribution in [0.4, 0.5) is 5.69 Å². The first-order valence-electron chi connectivity index (χ1n) is 8.04. The molecule has 1 aromatic carbocycles. The Morgan fingerprint density at radius 3 is 2.20 bits per heavy atom. The smallest absolute Gasteiger partial charge is 0.338 e. The second-order valence-electron chi connectivity index (χ2n) is 5.84. The van der Waals surface area contributed by atoms with E-state index in [9.17, 15) is 9.59 Å². The molecule has 0 bridgehead atoms. The lowest BCUT2D eigenvalue weighted by molar-refractivity contribution is 0.0602. The first-order chi connectivity index (χ1) is 12.1. The number of hydrogen-bond donors (Lipinski definition) is 1. The molecule has 0 unspecified atom stereocenters. The molecule has 0 heterocycles. The highest BCUT2D eigenvalue weighted by Crippen LogP contribution is 2.32. The van der Waals surface area contributed by atoms with Gasteiger partial charge in [0.1, 0.15) is 0 Å². The first-order valence-corrected chi connectivity index (χ1v) is 8.04. The summed E-state index contributed by atoms with van der Waals surface area (Å²) in [6.45, 7) is 2.17. The van der Waals surface area contributed by atoms with Crippen LogP contribution in [0.2, 0.25) is 0 Å². The third-order valence-corrected chi connectivity index (χ3v) is 4.12. The van der Waals surface area contributed by atoms with Gasteiger partial charge in [-0.3, -0.25) is 4.79 Å². The van der Waals surface area contributed by atoms with Gasteiger partial charge in [-0.2, -0.15) is 0 Å². The molecule has 3 rings (SSSR count). The molecule has 0 fully saturated rings. The Balaban J connectivity index is 1.88. The normalized spacial score (nSPS) is 10.5. The average Bonchev–Trinajstić information content (AvgIpc) is 2.82. The summed E-state index contributed by atoms with van der Waals surface area (Å²) in [6, 6.07) is 18.7. The van der Waals surface area contributed by atoms with Crippen LogP contribution in [0.25, 0.3) is 11.1 Å². The zero-order chi connectivity index (χ0) is 17.8. The molecule has 0 aliphatic heterocycles. The molecule has 25 heavy (non-hydrogen) atoms. The number of rotatable bonds is 5. The number of ether oxygens (including phenoxy) is 1. The van der Waals surface area contributed by atoms with Gasteiger partial charge < -0.3 is 10.1 Å². The number of nitrogens with one attached hydrogen (secondary N) is 1. The zero-order valence-electron chi connectivity index (χ0n) is 14.2. The number of carbonyl (C=O) groups is 2. The number of hydrogen-bond acceptors (Lipinski definition) is 4. The van der Waals surface area contributed by atoms with Crippen LogP contribution in [0.3, 0.4) is 0 Å². The standard InChI is InChI=1S/C21H19NO3/c1-14-8-10-15(11-9-14)22-13-20(23)18-12-19(21(24)25-2)17-7-5-3-4-6-16(17)18/h3-12,22H,13H2,1-2H3. The predicted octanol–water partition coefficient (Wildman–Crippen LogP) is 4.18. The van der Waals surface area contributed by atoms with Crippen molar-refractivity contribution in [3.05, 3.63) is 77.4 Å². The number of aryl methyl sites for hydroxylation is 1. The summed E-state index contributed by atoms with van der Waals surface area (Å²) in [7, 11) is 1.34. The molecular weight excluding hydrogens is 314 g/mol. The van der Waals surface area contributed by atoms with Crippen LogP contribution in [0, 0.1) is 6.92 Å². The Labute approximate surface area is 146 Å². The van der Waals surface area contributed by atoms with E-state index in [2.05, 4.69) is 5.32 Å². The second kappa shape index (κ2) is 7.18. The van der Waals surface area contributed by atoms with Gasteiger partial charge in [0, 0.05) is 11.3 Å². The third kappa shape index (κ3) is 3.53. The van der Waals surface area contributed by atoms with Crippen LogP contribution in [-0.4, -0.2) is 25.4 Å². The fourth-order valence-corrected chi connectivity index (χ4v) is 2.78. The Morgan fingerprint density at radius 2 is 1.56 bits per heavy atom. The Morgan fingerprint density at radius 1 is 0.920 bits per heavy atom. The number of anilines is 1. The van der Waals surface area contributed by atoms with E-state index in [0.29, 0.717) is 11.1 Å². The van der Waals surface area contributed by atoms with Crippen molar-refractivity contribution in [1.82, 2.24) is 0 Å². The van der Waals surface area contributed by atoms with Gasteiger partial charge in [-0.1, -0.05) is 48.0 Å². The number of carbonyl (C=O) groups excluding carboxylic acids is 2. The maximum absolute atomic E-state index is 12.7. The van der Waals surface area contributed by atoms with Gasteiger partial charge in [-0.15, -0.1) is 0 Å². The van der Waals surface area contributed by atoms with E-state index >= 15 is 0 Å². The summed E-state index contributed by atoms with van der Waals surface area (Å²) in [5.74, 6) is -0.520. The molecule has 0 spiro atoms. The SMILES string of the molecule is COC(=O)c1cc(C(=O)CNc2ccc(C)cc2)c2cccccc1-2. The summed E-state index contributed by atoms with van der Waals surface area (Å²) in [4.78, 5) is 24.7. The Bertz CT molecular complexity index is 884. The lowest BCUT2D eigenvalue weighted by atomic mass is 10.1. The molecule has 0 saturated heterocycles. The molecule has 0 amide bonds. The lowest BCUT2D eigenvalue weighted by Gasteiger charge is -2.06. The van der Waals surface area contributed by atoms with Gasteiger partial charge >= 0.3 is 5.97 Å². The van der Waals surface area contributed by atoms with Gasteiger partial charge in [0.25, 0.3) is 0 Å². The van der Waals surface area contributed by atoms with Crippen LogP contribution < -0.4 is 5.32 Å². The van der Waals surface area contributed by atoms with Crippen molar-refractivity contribution in [2.24, 2.45) is 0 Å². The van der Waals surface area contributed by atoms with Gasteiger partial charge in [-0.25, -0.2) is 4.79 Å². The average molecular weight is 333 g/mol. The molecule has 126 valence electrons. The van der Waals surface area contributed by atoms with E-state index in [4.69, 9.17) is 4.74 Å². The topological polar surface area (TPSA) is 55.4 Å². The van der Waals surface area contributed by atoms with Crippen LogP contribution >= 0.6 is 0 Å². The lowest BCUT2D eigenvalue weighted by Crippen LogP contribution is -2.13. The van der Waals surface area contributed by atoms with Crippen molar-refractivity contribution in [3.63, 3.8) is 0 Å². The van der Waals surface area contributed by atoms with Gasteiger partial charge in [0.05, 0.1) is 19.2 Å². The molecule has 2 aliphatic carbocycles. The van der Waals surface area contributed by atoms with Crippen molar-refractivity contribution in [1.29, 1.82) is 0 Å². The van der Waals surface area contributed by atoms with Crippen molar-refractivity contribution in [2.75, 3.05) is 19.0 Å². The van der Waals surface area contributed by atoms with E-state index in [-0.39, 0.29) is 12.3 Å². The van der Waals surface area contributed by atoms with Crippen LogP contribution in [-0.2, 0) is 4.74 Å². The van der Waals surface area contributed by atoms with E-state index in [0.717, 1.165) is 22.4 Å². The number of benzene rings is 1. The maximum atomic E-state index is 12.7. The first kappa shape index (κ1) is 16.7. The summed E-state index contributed by atoms with van der Waals surface area (Å²) >= 11 is 0. The fraction of sp³-hybridized carbons (Fsp3) is 0.143. The highest BCUT2D eigenvalue weighted by atomic mass is 16.5. The fourth-order valence-electron chi connectivity index (χ4n) is 2.78. The van der Waals surface area contributed by atoms with Gasteiger partial charge in [0.15, 0.2) is 5.78 Å². The number of fused-ring (bicyclic) bond motifs is 1. The predicted molar refractivity (Wildman–Crippen MR) is 98.4 cm³/mol. The summed E-state index contributed by atoms with van der Waals surface area (Å²) < 4.78 is 4.84. The maximum Gasteiger partial charge on any atom is 0.338 e. The number of Topliss-reactive ketones (excluding diaryl/α,β-unsaturated/α-hetero) is 1. The summed E-state index contributed by atoms with van der Waals surface area (Å²) in [6.07, 6.45) is 0. The monoisotopic (exact) mass is 333 g/mol. The van der Waals surface area contributed by atoms with Gasteiger partial charge in [-0.05, 0) is 36.2 Å². The minimum atomic E-state index is -0.443. The molecular formula is C21H19NO3. The zero-order valence-corrected chi connectivity index (χ0v) is 14.2. The number of esters is 1. The van der Waals surface area contributed by atoms with Crippen molar-refractivity contribution < 1.29 is 14.3 Å². The molecule has 4 nitrogen and oxygen atoms in total. The largest absolute Gasteiger partial charge is 0.465 e. The van der Waals surface area contributed by atoms with Crippen LogP contribution in [0.1, 0.15) is 26.3 Å². The molecule has 0 saturated carbocycles.